The molecule has 164 valence electrons. The zero-order chi connectivity index (χ0) is 22.2. The molecule has 0 N–H and O–H groups in total. The fourth-order valence-electron chi connectivity index (χ4n) is 3.72. The maximum atomic E-state index is 12.4. The van der Waals surface area contributed by atoms with Gasteiger partial charge in [0.25, 0.3) is 0 Å². The number of benzene rings is 2. The maximum Gasteiger partial charge on any atom is 0.415 e. The summed E-state index contributed by atoms with van der Waals surface area (Å²) in [6.07, 6.45) is 4.21. The number of carbonyl (C=O) groups excluding carboxylic acids is 1. The van der Waals surface area contributed by atoms with Crippen molar-refractivity contribution in [2.75, 3.05) is 11.9 Å². The molecule has 6 nitrogen and oxygen atoms in total. The van der Waals surface area contributed by atoms with Gasteiger partial charge in [-0.15, -0.1) is 0 Å². The average molecular weight is 443 g/mol. The highest BCUT2D eigenvalue weighted by Crippen LogP contribution is 2.32. The third kappa shape index (κ3) is 4.79. The second-order valence-electron chi connectivity index (χ2n) is 8.91. The number of carbonyl (C=O) groups is 1. The van der Waals surface area contributed by atoms with Crippen molar-refractivity contribution < 1.29 is 18.8 Å². The van der Waals surface area contributed by atoms with Gasteiger partial charge in [0.15, 0.2) is 11.4 Å². The number of amides is 1. The van der Waals surface area contributed by atoms with Crippen LogP contribution in [0.25, 0.3) is 11.0 Å². The highest BCUT2D eigenvalue weighted by molar-refractivity contribution is 6.32. The van der Waals surface area contributed by atoms with Crippen molar-refractivity contribution >= 4 is 34.5 Å². The van der Waals surface area contributed by atoms with Gasteiger partial charge in [0.05, 0.1) is 5.39 Å². The Kier molecular flexibility index (Phi) is 5.84. The van der Waals surface area contributed by atoms with Crippen LogP contribution < -0.4 is 9.64 Å². The zero-order valence-corrected chi connectivity index (χ0v) is 19.1. The molecule has 7 heteroatoms. The van der Waals surface area contributed by atoms with Gasteiger partial charge in [-0.05, 0) is 81.8 Å². The largest absolute Gasteiger partial charge is 0.489 e. The van der Waals surface area contributed by atoms with Crippen LogP contribution in [0.2, 0.25) is 5.02 Å². The third-order valence-electron chi connectivity index (χ3n) is 5.32. The third-order valence-corrected chi connectivity index (χ3v) is 5.67. The van der Waals surface area contributed by atoms with E-state index in [1.165, 1.54) is 28.9 Å². The monoisotopic (exact) mass is 442 g/mol. The van der Waals surface area contributed by atoms with E-state index in [2.05, 4.69) is 17.3 Å². The molecule has 0 saturated carbocycles. The molecule has 1 aliphatic carbocycles. The van der Waals surface area contributed by atoms with Crippen molar-refractivity contribution in [3.05, 3.63) is 52.0 Å². The molecule has 1 aromatic heterocycles. The molecule has 1 heterocycles. The lowest BCUT2D eigenvalue weighted by atomic mass is 9.92. The minimum absolute atomic E-state index is 0.311. The molecule has 2 aromatic carbocycles. The Morgan fingerprint density at radius 3 is 2.65 bits per heavy atom. The molecule has 3 aromatic rings. The summed E-state index contributed by atoms with van der Waals surface area (Å²) < 4.78 is 16.9. The molecule has 0 saturated heterocycles. The van der Waals surface area contributed by atoms with Gasteiger partial charge < -0.3 is 14.0 Å². The summed E-state index contributed by atoms with van der Waals surface area (Å²) in [6.45, 7) is 5.74. The first-order valence-corrected chi connectivity index (χ1v) is 10.9. The van der Waals surface area contributed by atoms with Crippen LogP contribution in [0.3, 0.4) is 0 Å². The molecule has 4 rings (SSSR count). The molecule has 0 aliphatic heterocycles. The first-order chi connectivity index (χ1) is 14.7. The predicted molar refractivity (Wildman–Crippen MR) is 121 cm³/mol. The van der Waals surface area contributed by atoms with E-state index in [1.54, 1.807) is 19.2 Å². The van der Waals surface area contributed by atoms with Crippen molar-refractivity contribution in [1.29, 1.82) is 0 Å². The molecule has 0 radical (unpaired) electrons. The van der Waals surface area contributed by atoms with Crippen LogP contribution in [-0.2, 0) is 24.2 Å². The summed E-state index contributed by atoms with van der Waals surface area (Å²) in [6, 6.07) is 9.84. The van der Waals surface area contributed by atoms with E-state index in [1.807, 2.05) is 26.8 Å². The number of nitrogens with zero attached hydrogens (tertiary/aromatic N) is 2. The zero-order valence-electron chi connectivity index (χ0n) is 18.3. The molecular weight excluding hydrogens is 416 g/mol. The summed E-state index contributed by atoms with van der Waals surface area (Å²) in [5.41, 5.74) is 3.49. The number of aryl methyl sites for hydroxylation is 2. The molecule has 31 heavy (non-hydrogen) atoms. The lowest BCUT2D eigenvalue weighted by Crippen LogP contribution is -2.34. The number of hydrogen-bond donors (Lipinski definition) is 0. The Hall–Kier alpha value is -2.73. The SMILES string of the molecule is CN(C(=O)OC(C)(C)C)c1noc2cc(COc3ccc4c(c3)CCCC4)c(Cl)cc12. The minimum Gasteiger partial charge on any atom is -0.489 e. The quantitative estimate of drug-likeness (QED) is 0.473. The minimum atomic E-state index is -0.607. The molecule has 0 fully saturated rings. The number of halogens is 1. The van der Waals surface area contributed by atoms with Crippen LogP contribution in [0, 0.1) is 0 Å². The molecule has 0 unspecified atom stereocenters. The molecule has 0 spiro atoms. The van der Waals surface area contributed by atoms with E-state index in [-0.39, 0.29) is 0 Å². The fraction of sp³-hybridized carbons (Fsp3) is 0.417. The molecular formula is C24H27ClN2O4. The summed E-state index contributed by atoms with van der Waals surface area (Å²) >= 11 is 6.52. The van der Waals surface area contributed by atoms with Crippen molar-refractivity contribution in [2.24, 2.45) is 0 Å². The molecule has 1 amide bonds. The number of fused-ring (bicyclic) bond motifs is 2. The Bertz CT molecular complexity index is 1120. The summed E-state index contributed by atoms with van der Waals surface area (Å²) in [4.78, 5) is 13.7. The van der Waals surface area contributed by atoms with E-state index in [0.29, 0.717) is 28.4 Å². The number of hydrogen-bond acceptors (Lipinski definition) is 5. The van der Waals surface area contributed by atoms with Gasteiger partial charge >= 0.3 is 6.09 Å². The Labute approximate surface area is 187 Å². The average Bonchev–Trinajstić information content (AvgIpc) is 3.12. The summed E-state index contributed by atoms with van der Waals surface area (Å²) in [5, 5.41) is 5.20. The normalized spacial score (nSPS) is 13.7. The number of anilines is 1. The van der Waals surface area contributed by atoms with Gasteiger partial charge in [-0.1, -0.05) is 22.8 Å². The predicted octanol–water partition coefficient (Wildman–Crippen LogP) is 6.31. The van der Waals surface area contributed by atoms with Crippen LogP contribution in [0.15, 0.2) is 34.9 Å². The smallest absolute Gasteiger partial charge is 0.415 e. The van der Waals surface area contributed by atoms with Gasteiger partial charge in [0, 0.05) is 17.6 Å². The van der Waals surface area contributed by atoms with E-state index in [9.17, 15) is 4.79 Å². The molecule has 1 aliphatic rings. The van der Waals surface area contributed by atoms with Gasteiger partial charge in [0.2, 0.25) is 0 Å². The first kappa shape index (κ1) is 21.5. The lowest BCUT2D eigenvalue weighted by molar-refractivity contribution is 0.0587. The Morgan fingerprint density at radius 1 is 1.16 bits per heavy atom. The molecule has 0 bridgehead atoms. The van der Waals surface area contributed by atoms with Gasteiger partial charge in [-0.2, -0.15) is 0 Å². The van der Waals surface area contributed by atoms with Crippen LogP contribution in [0.5, 0.6) is 5.75 Å². The Morgan fingerprint density at radius 2 is 1.90 bits per heavy atom. The van der Waals surface area contributed by atoms with Crippen molar-refractivity contribution in [2.45, 2.75) is 58.7 Å². The summed E-state index contributed by atoms with van der Waals surface area (Å²) in [7, 11) is 1.59. The number of aromatic nitrogens is 1. The van der Waals surface area contributed by atoms with E-state index < -0.39 is 11.7 Å². The second kappa shape index (κ2) is 8.42. The van der Waals surface area contributed by atoms with Crippen molar-refractivity contribution in [3.63, 3.8) is 0 Å². The highest BCUT2D eigenvalue weighted by atomic mass is 35.5. The van der Waals surface area contributed by atoms with Crippen molar-refractivity contribution in [3.8, 4) is 5.75 Å². The highest BCUT2D eigenvalue weighted by Gasteiger charge is 2.25. The van der Waals surface area contributed by atoms with E-state index in [4.69, 9.17) is 25.6 Å². The first-order valence-electron chi connectivity index (χ1n) is 10.5. The van der Waals surface area contributed by atoms with Crippen LogP contribution >= 0.6 is 11.6 Å². The van der Waals surface area contributed by atoms with Crippen molar-refractivity contribution in [1.82, 2.24) is 5.16 Å². The Balaban J connectivity index is 1.52. The topological polar surface area (TPSA) is 64.8 Å². The van der Waals surface area contributed by atoms with Crippen LogP contribution in [0.4, 0.5) is 10.6 Å². The van der Waals surface area contributed by atoms with Crippen LogP contribution in [0.1, 0.15) is 50.3 Å². The van der Waals surface area contributed by atoms with Crippen LogP contribution in [-0.4, -0.2) is 23.9 Å². The van der Waals surface area contributed by atoms with Gasteiger partial charge in [-0.25, -0.2) is 4.79 Å². The lowest BCUT2D eigenvalue weighted by Gasteiger charge is -2.23. The molecule has 0 atom stereocenters. The van der Waals surface area contributed by atoms with E-state index >= 15 is 0 Å². The summed E-state index contributed by atoms with van der Waals surface area (Å²) in [5.74, 6) is 1.19. The van der Waals surface area contributed by atoms with E-state index in [0.717, 1.165) is 24.2 Å². The van der Waals surface area contributed by atoms with Gasteiger partial charge in [-0.3, -0.25) is 4.90 Å². The maximum absolute atomic E-state index is 12.4. The second-order valence-corrected chi connectivity index (χ2v) is 9.32. The standard InChI is InChI=1S/C24H27ClN2O4/c1-24(2,3)30-23(28)27(4)22-19-13-20(25)17(12-21(19)31-26-22)14-29-18-10-9-15-7-5-6-8-16(15)11-18/h9-13H,5-8,14H2,1-4H3. The number of ether oxygens (including phenoxy) is 2. The fourth-order valence-corrected chi connectivity index (χ4v) is 3.94. The van der Waals surface area contributed by atoms with Gasteiger partial charge in [0.1, 0.15) is 18.0 Å². The number of rotatable bonds is 4.